The van der Waals surface area contributed by atoms with E-state index in [1.807, 2.05) is 0 Å². The Bertz CT molecular complexity index is 772. The number of aryl methyl sites for hydroxylation is 1. The van der Waals surface area contributed by atoms with Crippen molar-refractivity contribution >= 4 is 0 Å². The number of halogens is 3. The number of rotatable bonds is 7. The third-order valence-electron chi connectivity index (χ3n) is 4.46. The van der Waals surface area contributed by atoms with Gasteiger partial charge < -0.3 is 14.0 Å². The molecule has 0 saturated heterocycles. The lowest BCUT2D eigenvalue weighted by atomic mass is 10.0. The fourth-order valence-electron chi connectivity index (χ4n) is 2.70. The Balaban J connectivity index is 1.72. The first-order chi connectivity index (χ1) is 12.2. The zero-order chi connectivity index (χ0) is 18.9. The van der Waals surface area contributed by atoms with Gasteiger partial charge in [0.05, 0.1) is 12.3 Å². The maximum Gasteiger partial charge on any atom is 0.425 e. The minimum atomic E-state index is -4.45. The van der Waals surface area contributed by atoms with Crippen molar-refractivity contribution in [2.24, 2.45) is 5.41 Å². The third-order valence-corrected chi connectivity index (χ3v) is 4.46. The summed E-state index contributed by atoms with van der Waals surface area (Å²) in [5.74, 6) is 0.769. The topological polar surface area (TPSA) is 70.3 Å². The van der Waals surface area contributed by atoms with Crippen LogP contribution >= 0.6 is 0 Å². The quantitative estimate of drug-likeness (QED) is 0.738. The number of nitrogens with zero attached hydrogens (tertiary/aromatic N) is 3. The van der Waals surface area contributed by atoms with Gasteiger partial charge in [0.1, 0.15) is 0 Å². The van der Waals surface area contributed by atoms with Crippen LogP contribution < -0.4 is 4.74 Å². The molecule has 2 aromatic rings. The van der Waals surface area contributed by atoms with Crippen LogP contribution in [-0.4, -0.2) is 41.1 Å². The number of aromatic nitrogens is 3. The van der Waals surface area contributed by atoms with E-state index in [0.717, 1.165) is 19.8 Å². The number of methoxy groups -OCH3 is 1. The smallest absolute Gasteiger partial charge is 0.425 e. The zero-order valence-corrected chi connectivity index (χ0v) is 14.8. The van der Waals surface area contributed by atoms with Gasteiger partial charge in [0.15, 0.2) is 6.10 Å². The lowest BCUT2D eigenvalue weighted by Gasteiger charge is -2.17. The first-order valence-corrected chi connectivity index (χ1v) is 8.25. The highest BCUT2D eigenvalue weighted by Crippen LogP contribution is 2.48. The molecule has 1 unspecified atom stereocenters. The van der Waals surface area contributed by atoms with Crippen LogP contribution in [0.25, 0.3) is 11.4 Å². The van der Waals surface area contributed by atoms with Crippen molar-refractivity contribution < 1.29 is 27.2 Å². The number of pyridine rings is 1. The van der Waals surface area contributed by atoms with Crippen molar-refractivity contribution in [2.45, 2.75) is 45.4 Å². The maximum atomic E-state index is 12.6. The van der Waals surface area contributed by atoms with E-state index in [9.17, 15) is 13.2 Å². The molecule has 3 rings (SSSR count). The highest BCUT2D eigenvalue weighted by molar-refractivity contribution is 5.57. The van der Waals surface area contributed by atoms with E-state index in [2.05, 4.69) is 15.1 Å². The number of ether oxygens (including phenoxy) is 2. The van der Waals surface area contributed by atoms with E-state index in [1.165, 1.54) is 6.07 Å². The summed E-state index contributed by atoms with van der Waals surface area (Å²) in [4.78, 5) is 8.45. The lowest BCUT2D eigenvalue weighted by molar-refractivity contribution is -0.190. The van der Waals surface area contributed by atoms with E-state index >= 15 is 0 Å². The van der Waals surface area contributed by atoms with Gasteiger partial charge in [-0.3, -0.25) is 0 Å². The molecule has 0 spiro atoms. The molecule has 9 heteroatoms. The van der Waals surface area contributed by atoms with E-state index in [1.54, 1.807) is 20.1 Å². The number of hydrogen-bond donors (Lipinski definition) is 0. The predicted octanol–water partition coefficient (Wildman–Crippen LogP) is 3.74. The maximum absolute atomic E-state index is 12.6. The average molecular weight is 371 g/mol. The molecule has 0 bridgehead atoms. The highest BCUT2D eigenvalue weighted by atomic mass is 19.4. The molecule has 0 aliphatic heterocycles. The Hall–Kier alpha value is -2.16. The molecule has 1 aliphatic rings. The van der Waals surface area contributed by atoms with E-state index in [0.29, 0.717) is 36.0 Å². The Morgan fingerprint density at radius 3 is 2.58 bits per heavy atom. The van der Waals surface area contributed by atoms with Crippen molar-refractivity contribution in [3.63, 3.8) is 0 Å². The second-order valence-corrected chi connectivity index (χ2v) is 6.71. The van der Waals surface area contributed by atoms with Crippen LogP contribution in [0.1, 0.15) is 31.4 Å². The van der Waals surface area contributed by atoms with Crippen LogP contribution in [0.2, 0.25) is 0 Å². The van der Waals surface area contributed by atoms with Gasteiger partial charge in [-0.1, -0.05) is 5.16 Å². The van der Waals surface area contributed by atoms with Gasteiger partial charge in [0.25, 0.3) is 0 Å². The third kappa shape index (κ3) is 4.14. The summed E-state index contributed by atoms with van der Waals surface area (Å²) in [5.41, 5.74) is 1.13. The van der Waals surface area contributed by atoms with Gasteiger partial charge in [-0.15, -0.1) is 0 Å². The normalized spacial score (nSPS) is 17.2. The summed E-state index contributed by atoms with van der Waals surface area (Å²) < 4.78 is 53.1. The molecule has 0 amide bonds. The SMILES string of the molecule is COCC1(Cc2nc(-c3ccc(OC(C)C(F)(F)F)nc3C)no2)CC1. The van der Waals surface area contributed by atoms with E-state index < -0.39 is 12.3 Å². The van der Waals surface area contributed by atoms with Crippen molar-refractivity contribution in [3.05, 3.63) is 23.7 Å². The summed E-state index contributed by atoms with van der Waals surface area (Å²) in [7, 11) is 1.66. The summed E-state index contributed by atoms with van der Waals surface area (Å²) in [5, 5.41) is 3.96. The van der Waals surface area contributed by atoms with Crippen molar-refractivity contribution in [3.8, 4) is 17.3 Å². The van der Waals surface area contributed by atoms with Gasteiger partial charge in [0, 0.05) is 30.6 Å². The molecule has 0 aromatic carbocycles. The van der Waals surface area contributed by atoms with Gasteiger partial charge in [-0.25, -0.2) is 4.98 Å². The first-order valence-electron chi connectivity index (χ1n) is 8.25. The van der Waals surface area contributed by atoms with Gasteiger partial charge >= 0.3 is 6.18 Å². The fraction of sp³-hybridized carbons (Fsp3) is 0.588. The number of hydrogen-bond acceptors (Lipinski definition) is 6. The summed E-state index contributed by atoms with van der Waals surface area (Å²) in [6.45, 7) is 3.24. The summed E-state index contributed by atoms with van der Waals surface area (Å²) >= 11 is 0. The second kappa shape index (κ2) is 6.86. The van der Waals surface area contributed by atoms with Crippen molar-refractivity contribution in [2.75, 3.05) is 13.7 Å². The van der Waals surface area contributed by atoms with Gasteiger partial charge in [-0.2, -0.15) is 18.2 Å². The number of alkyl halides is 3. The summed E-state index contributed by atoms with van der Waals surface area (Å²) in [6.07, 6.45) is -3.62. The molecule has 26 heavy (non-hydrogen) atoms. The first kappa shape index (κ1) is 18.6. The standard InChI is InChI=1S/C17H20F3N3O3/c1-10-12(4-5-13(21-10)25-11(2)17(18,19)20)15-22-14(26-23-15)8-16(6-7-16)9-24-3/h4-5,11H,6-9H2,1-3H3. The van der Waals surface area contributed by atoms with E-state index in [4.69, 9.17) is 14.0 Å². The largest absolute Gasteiger partial charge is 0.465 e. The molecule has 0 N–H and O–H groups in total. The van der Waals surface area contributed by atoms with Crippen LogP contribution in [0.4, 0.5) is 13.2 Å². The van der Waals surface area contributed by atoms with Crippen LogP contribution in [0.5, 0.6) is 5.88 Å². The minimum absolute atomic E-state index is 0.0806. The zero-order valence-electron chi connectivity index (χ0n) is 14.8. The van der Waals surface area contributed by atoms with Crippen molar-refractivity contribution in [1.82, 2.24) is 15.1 Å². The fourth-order valence-corrected chi connectivity index (χ4v) is 2.70. The van der Waals surface area contributed by atoms with Crippen LogP contribution in [-0.2, 0) is 11.2 Å². The van der Waals surface area contributed by atoms with Crippen LogP contribution in [0, 0.1) is 12.3 Å². The average Bonchev–Trinajstić information content (AvgIpc) is 3.14. The van der Waals surface area contributed by atoms with Crippen LogP contribution in [0.15, 0.2) is 16.7 Å². The molecule has 1 atom stereocenters. The molecule has 142 valence electrons. The molecule has 0 radical (unpaired) electrons. The second-order valence-electron chi connectivity index (χ2n) is 6.71. The Kier molecular flexibility index (Phi) is 4.92. The van der Waals surface area contributed by atoms with E-state index in [-0.39, 0.29) is 11.3 Å². The molecule has 2 heterocycles. The Morgan fingerprint density at radius 1 is 1.27 bits per heavy atom. The lowest BCUT2D eigenvalue weighted by Crippen LogP contribution is -2.31. The Morgan fingerprint density at radius 2 is 2.00 bits per heavy atom. The molecular formula is C17H20F3N3O3. The Labute approximate surface area is 148 Å². The highest BCUT2D eigenvalue weighted by Gasteiger charge is 2.44. The van der Waals surface area contributed by atoms with Gasteiger partial charge in [-0.05, 0) is 32.8 Å². The minimum Gasteiger partial charge on any atom is -0.465 e. The molecule has 1 fully saturated rings. The molecule has 1 aliphatic carbocycles. The molecule has 1 saturated carbocycles. The molecule has 2 aromatic heterocycles. The molecular weight excluding hydrogens is 351 g/mol. The van der Waals surface area contributed by atoms with Gasteiger partial charge in [0.2, 0.25) is 17.6 Å². The summed E-state index contributed by atoms with van der Waals surface area (Å²) in [6, 6.07) is 2.95. The van der Waals surface area contributed by atoms with Crippen LogP contribution in [0.3, 0.4) is 0 Å². The monoisotopic (exact) mass is 371 g/mol. The molecule has 6 nitrogen and oxygen atoms in total. The van der Waals surface area contributed by atoms with Crippen molar-refractivity contribution in [1.29, 1.82) is 0 Å². The predicted molar refractivity (Wildman–Crippen MR) is 85.7 cm³/mol.